The molecule has 7 nitrogen and oxygen atoms in total. The van der Waals surface area contributed by atoms with Crippen LogP contribution < -0.4 is 15.5 Å². The van der Waals surface area contributed by atoms with Crippen molar-refractivity contribution in [1.29, 1.82) is 0 Å². The molecule has 118 valence electrons. The maximum absolute atomic E-state index is 6.09. The second kappa shape index (κ2) is 6.02. The summed E-state index contributed by atoms with van der Waals surface area (Å²) in [5.41, 5.74) is 1.93. The first kappa shape index (κ1) is 14.2. The van der Waals surface area contributed by atoms with E-state index in [9.17, 15) is 0 Å². The molecule has 4 rings (SSSR count). The molecule has 3 heterocycles. The van der Waals surface area contributed by atoms with Crippen molar-refractivity contribution in [2.24, 2.45) is 0 Å². The molecule has 3 N–H and O–H groups in total. The van der Waals surface area contributed by atoms with Gasteiger partial charge in [-0.3, -0.25) is 5.10 Å². The third kappa shape index (κ3) is 3.06. The molecule has 0 unspecified atom stereocenters. The van der Waals surface area contributed by atoms with Gasteiger partial charge in [0.2, 0.25) is 5.28 Å². The van der Waals surface area contributed by atoms with Crippen LogP contribution in [0.2, 0.25) is 5.28 Å². The van der Waals surface area contributed by atoms with Crippen LogP contribution in [0.25, 0.3) is 10.9 Å². The van der Waals surface area contributed by atoms with Gasteiger partial charge in [-0.2, -0.15) is 5.10 Å². The van der Waals surface area contributed by atoms with Gasteiger partial charge in [0.1, 0.15) is 11.6 Å². The average molecular weight is 330 g/mol. The summed E-state index contributed by atoms with van der Waals surface area (Å²) in [7, 11) is 0. The second-order valence-electron chi connectivity index (χ2n) is 5.41. The van der Waals surface area contributed by atoms with Gasteiger partial charge >= 0.3 is 0 Å². The monoisotopic (exact) mass is 329 g/mol. The van der Waals surface area contributed by atoms with Crippen molar-refractivity contribution in [3.63, 3.8) is 0 Å². The first-order chi connectivity index (χ1) is 11.3. The highest BCUT2D eigenvalue weighted by atomic mass is 35.5. The summed E-state index contributed by atoms with van der Waals surface area (Å²) in [4.78, 5) is 10.8. The first-order valence-electron chi connectivity index (χ1n) is 7.48. The van der Waals surface area contributed by atoms with Gasteiger partial charge in [-0.05, 0) is 29.8 Å². The average Bonchev–Trinajstić information content (AvgIpc) is 3.03. The Hall–Kier alpha value is -2.38. The summed E-state index contributed by atoms with van der Waals surface area (Å²) in [6.07, 6.45) is 1.79. The van der Waals surface area contributed by atoms with E-state index in [1.165, 1.54) is 0 Å². The molecule has 8 heteroatoms. The topological polar surface area (TPSA) is 81.8 Å². The maximum Gasteiger partial charge on any atom is 0.226 e. The zero-order valence-electron chi connectivity index (χ0n) is 12.4. The standard InChI is InChI=1S/C15H16ClN7/c16-15-20-13(8-14(21-15)23-5-3-17-4-6-23)19-11-1-2-12-10(7-11)9-18-22-12/h1-2,7-9,17H,3-6H2,(H,18,22)(H,19,20,21). The zero-order chi connectivity index (χ0) is 15.6. The van der Waals surface area contributed by atoms with Crippen LogP contribution in [0.15, 0.2) is 30.5 Å². The Morgan fingerprint density at radius 1 is 1.13 bits per heavy atom. The molecule has 1 aromatic carbocycles. The molecule has 1 aliphatic rings. The largest absolute Gasteiger partial charge is 0.354 e. The predicted octanol–water partition coefficient (Wildman–Crippen LogP) is 2.16. The van der Waals surface area contributed by atoms with E-state index in [1.54, 1.807) is 6.20 Å². The lowest BCUT2D eigenvalue weighted by Crippen LogP contribution is -2.43. The minimum Gasteiger partial charge on any atom is -0.354 e. The predicted molar refractivity (Wildman–Crippen MR) is 91.5 cm³/mol. The van der Waals surface area contributed by atoms with Crippen LogP contribution in [0, 0.1) is 0 Å². The van der Waals surface area contributed by atoms with Crippen LogP contribution in [0.4, 0.5) is 17.3 Å². The smallest absolute Gasteiger partial charge is 0.226 e. The molecule has 0 amide bonds. The highest BCUT2D eigenvalue weighted by molar-refractivity contribution is 6.28. The van der Waals surface area contributed by atoms with Crippen LogP contribution in [0.1, 0.15) is 0 Å². The van der Waals surface area contributed by atoms with Crippen LogP contribution >= 0.6 is 11.6 Å². The van der Waals surface area contributed by atoms with Crippen molar-refractivity contribution in [3.05, 3.63) is 35.7 Å². The van der Waals surface area contributed by atoms with Gasteiger partial charge in [-0.25, -0.2) is 9.97 Å². The van der Waals surface area contributed by atoms with Gasteiger partial charge in [0.05, 0.1) is 11.7 Å². The van der Waals surface area contributed by atoms with Gasteiger partial charge in [0, 0.05) is 43.3 Å². The Morgan fingerprint density at radius 2 is 2.00 bits per heavy atom. The first-order valence-corrected chi connectivity index (χ1v) is 7.86. The zero-order valence-corrected chi connectivity index (χ0v) is 13.1. The lowest BCUT2D eigenvalue weighted by Gasteiger charge is -2.28. The van der Waals surface area contributed by atoms with Gasteiger partial charge in [-0.15, -0.1) is 0 Å². The third-order valence-corrected chi connectivity index (χ3v) is 4.01. The quantitative estimate of drug-likeness (QED) is 0.639. The van der Waals surface area contributed by atoms with Crippen LogP contribution in [0.3, 0.4) is 0 Å². The van der Waals surface area contributed by atoms with Gasteiger partial charge in [0.15, 0.2) is 0 Å². The van der Waals surface area contributed by atoms with E-state index in [2.05, 4.69) is 35.7 Å². The molecule has 0 atom stereocenters. The van der Waals surface area contributed by atoms with Crippen molar-refractivity contribution in [2.45, 2.75) is 0 Å². The molecule has 0 spiro atoms. The number of benzene rings is 1. The van der Waals surface area contributed by atoms with Crippen molar-refractivity contribution in [2.75, 3.05) is 36.4 Å². The van der Waals surface area contributed by atoms with E-state index in [0.717, 1.165) is 48.6 Å². The molecule has 2 aromatic heterocycles. The number of piperazine rings is 1. The molecule has 0 radical (unpaired) electrons. The van der Waals surface area contributed by atoms with E-state index in [4.69, 9.17) is 11.6 Å². The minimum atomic E-state index is 0.243. The fraction of sp³-hybridized carbons (Fsp3) is 0.267. The SMILES string of the molecule is Clc1nc(Nc2ccc3[nH]ncc3c2)cc(N2CCNCC2)n1. The van der Waals surface area contributed by atoms with Crippen LogP contribution in [-0.2, 0) is 0 Å². The number of fused-ring (bicyclic) bond motifs is 1. The normalized spacial score (nSPS) is 15.1. The molecule has 0 saturated carbocycles. The fourth-order valence-electron chi connectivity index (χ4n) is 2.69. The van der Waals surface area contributed by atoms with Gasteiger partial charge in [0.25, 0.3) is 0 Å². The summed E-state index contributed by atoms with van der Waals surface area (Å²) < 4.78 is 0. The molecule has 1 saturated heterocycles. The van der Waals surface area contributed by atoms with Crippen molar-refractivity contribution in [1.82, 2.24) is 25.5 Å². The molecular weight excluding hydrogens is 314 g/mol. The summed E-state index contributed by atoms with van der Waals surface area (Å²) >= 11 is 6.09. The van der Waals surface area contributed by atoms with Crippen molar-refractivity contribution < 1.29 is 0 Å². The molecule has 1 aliphatic heterocycles. The van der Waals surface area contributed by atoms with Crippen LogP contribution in [0.5, 0.6) is 0 Å². The Balaban J connectivity index is 1.61. The Kier molecular flexibility index (Phi) is 3.72. The lowest BCUT2D eigenvalue weighted by molar-refractivity contribution is 0.584. The molecule has 23 heavy (non-hydrogen) atoms. The molecule has 3 aromatic rings. The second-order valence-corrected chi connectivity index (χ2v) is 5.75. The fourth-order valence-corrected chi connectivity index (χ4v) is 2.87. The Labute approximate surface area is 138 Å². The van der Waals surface area contributed by atoms with Gasteiger partial charge < -0.3 is 15.5 Å². The maximum atomic E-state index is 6.09. The number of aromatic nitrogens is 4. The number of aromatic amines is 1. The molecule has 1 fully saturated rings. The van der Waals surface area contributed by atoms with Crippen molar-refractivity contribution >= 4 is 39.8 Å². The number of hydrogen-bond donors (Lipinski definition) is 3. The Bertz CT molecular complexity index is 826. The minimum absolute atomic E-state index is 0.243. The Morgan fingerprint density at radius 3 is 2.87 bits per heavy atom. The van der Waals surface area contributed by atoms with E-state index in [1.807, 2.05) is 24.3 Å². The van der Waals surface area contributed by atoms with E-state index in [0.29, 0.717) is 5.82 Å². The highest BCUT2D eigenvalue weighted by Crippen LogP contribution is 2.24. The van der Waals surface area contributed by atoms with E-state index in [-0.39, 0.29) is 5.28 Å². The summed E-state index contributed by atoms with van der Waals surface area (Å²) in [5.74, 6) is 1.53. The number of hydrogen-bond acceptors (Lipinski definition) is 6. The highest BCUT2D eigenvalue weighted by Gasteiger charge is 2.14. The molecule has 0 bridgehead atoms. The lowest BCUT2D eigenvalue weighted by atomic mass is 10.2. The number of nitrogens with one attached hydrogen (secondary N) is 3. The number of halogens is 1. The van der Waals surface area contributed by atoms with Gasteiger partial charge in [-0.1, -0.05) is 0 Å². The number of rotatable bonds is 3. The molecule has 0 aliphatic carbocycles. The summed E-state index contributed by atoms with van der Waals surface area (Å²) in [6, 6.07) is 7.89. The third-order valence-electron chi connectivity index (χ3n) is 3.84. The number of H-pyrrole nitrogens is 1. The number of anilines is 3. The van der Waals surface area contributed by atoms with Crippen LogP contribution in [-0.4, -0.2) is 46.3 Å². The number of nitrogens with zero attached hydrogens (tertiary/aromatic N) is 4. The summed E-state index contributed by atoms with van der Waals surface area (Å²) in [6.45, 7) is 3.71. The van der Waals surface area contributed by atoms with Crippen molar-refractivity contribution in [3.8, 4) is 0 Å². The van der Waals surface area contributed by atoms with E-state index >= 15 is 0 Å². The summed E-state index contributed by atoms with van der Waals surface area (Å²) in [5, 5.41) is 14.9. The molecular formula is C15H16ClN7. The van der Waals surface area contributed by atoms with E-state index < -0.39 is 0 Å².